The molecule has 0 fully saturated rings. The lowest BCUT2D eigenvalue weighted by Crippen LogP contribution is -2.31. The van der Waals surface area contributed by atoms with E-state index in [0.29, 0.717) is 12.2 Å². The molecule has 2 atom stereocenters. The van der Waals surface area contributed by atoms with Crippen molar-refractivity contribution in [2.75, 3.05) is 13.1 Å². The van der Waals surface area contributed by atoms with Gasteiger partial charge in [-0.1, -0.05) is 46.5 Å². The minimum absolute atomic E-state index is 0.391. The maximum absolute atomic E-state index is 6.06. The highest BCUT2D eigenvalue weighted by Gasteiger charge is 2.10. The first-order chi connectivity index (χ1) is 8.24. The summed E-state index contributed by atoms with van der Waals surface area (Å²) < 4.78 is 6.06. The molecule has 0 aliphatic rings. The molecule has 2 heteroatoms. The fourth-order valence-corrected chi connectivity index (χ4v) is 1.98. The van der Waals surface area contributed by atoms with Crippen LogP contribution < -0.4 is 5.32 Å². The van der Waals surface area contributed by atoms with Crippen molar-refractivity contribution in [3.8, 4) is 0 Å². The first kappa shape index (κ1) is 16.9. The molecular formula is C15H33NO. The van der Waals surface area contributed by atoms with E-state index in [1.165, 1.54) is 38.5 Å². The van der Waals surface area contributed by atoms with Gasteiger partial charge in [0.05, 0.1) is 12.2 Å². The number of hydrogen-bond donors (Lipinski definition) is 1. The smallest absolute Gasteiger partial charge is 0.0700 e. The Kier molecular flexibility index (Phi) is 12.3. The molecule has 2 nitrogen and oxygen atoms in total. The van der Waals surface area contributed by atoms with Crippen LogP contribution in [0.5, 0.6) is 0 Å². The second-order valence-electron chi connectivity index (χ2n) is 5.03. The number of ether oxygens (including phenoxy) is 1. The summed E-state index contributed by atoms with van der Waals surface area (Å²) in [5, 5.41) is 3.44. The summed E-state index contributed by atoms with van der Waals surface area (Å²) in [5.41, 5.74) is 0. The van der Waals surface area contributed by atoms with E-state index in [-0.39, 0.29) is 0 Å². The van der Waals surface area contributed by atoms with Crippen LogP contribution in [0.25, 0.3) is 0 Å². The van der Waals surface area contributed by atoms with Gasteiger partial charge in [-0.05, 0) is 32.7 Å². The van der Waals surface area contributed by atoms with E-state index >= 15 is 0 Å². The Morgan fingerprint density at radius 2 is 1.76 bits per heavy atom. The van der Waals surface area contributed by atoms with Gasteiger partial charge in [-0.2, -0.15) is 0 Å². The number of hydrogen-bond acceptors (Lipinski definition) is 2. The molecule has 0 aromatic rings. The number of unbranched alkanes of at least 4 members (excludes halogenated alkanes) is 3. The standard InChI is InChI=1S/C15H33NO/c1-5-8-9-10-11-14(4)17-15(7-3)13-16-12-6-2/h14-16H,5-13H2,1-4H3. The van der Waals surface area contributed by atoms with Crippen molar-refractivity contribution in [1.82, 2.24) is 5.32 Å². The number of rotatable bonds is 12. The Hall–Kier alpha value is -0.0800. The highest BCUT2D eigenvalue weighted by Crippen LogP contribution is 2.10. The van der Waals surface area contributed by atoms with Gasteiger partial charge in [0.1, 0.15) is 0 Å². The Labute approximate surface area is 109 Å². The molecule has 0 aliphatic heterocycles. The van der Waals surface area contributed by atoms with Crippen LogP contribution in [0.3, 0.4) is 0 Å². The molecule has 0 aromatic carbocycles. The predicted molar refractivity (Wildman–Crippen MR) is 76.5 cm³/mol. The summed E-state index contributed by atoms with van der Waals surface area (Å²) in [6, 6.07) is 0. The van der Waals surface area contributed by atoms with Gasteiger partial charge in [0.2, 0.25) is 0 Å². The normalized spacial score (nSPS) is 14.8. The Morgan fingerprint density at radius 1 is 1.00 bits per heavy atom. The maximum Gasteiger partial charge on any atom is 0.0700 e. The van der Waals surface area contributed by atoms with Gasteiger partial charge in [0, 0.05) is 6.54 Å². The Bertz CT molecular complexity index is 150. The van der Waals surface area contributed by atoms with Crippen LogP contribution in [0.1, 0.15) is 72.6 Å². The summed E-state index contributed by atoms with van der Waals surface area (Å²) in [7, 11) is 0. The van der Waals surface area contributed by atoms with E-state index in [0.717, 1.165) is 19.5 Å². The highest BCUT2D eigenvalue weighted by molar-refractivity contribution is 4.62. The minimum Gasteiger partial charge on any atom is -0.374 e. The molecule has 0 saturated carbocycles. The van der Waals surface area contributed by atoms with Crippen LogP contribution in [0.2, 0.25) is 0 Å². The highest BCUT2D eigenvalue weighted by atomic mass is 16.5. The molecule has 1 N–H and O–H groups in total. The molecule has 104 valence electrons. The third-order valence-electron chi connectivity index (χ3n) is 3.14. The lowest BCUT2D eigenvalue weighted by Gasteiger charge is -2.22. The zero-order chi connectivity index (χ0) is 12.9. The van der Waals surface area contributed by atoms with Gasteiger partial charge < -0.3 is 10.1 Å². The molecule has 0 aromatic heterocycles. The van der Waals surface area contributed by atoms with Gasteiger partial charge in [-0.25, -0.2) is 0 Å². The fourth-order valence-electron chi connectivity index (χ4n) is 1.98. The molecule has 0 aliphatic carbocycles. The monoisotopic (exact) mass is 243 g/mol. The maximum atomic E-state index is 6.06. The second-order valence-corrected chi connectivity index (χ2v) is 5.03. The van der Waals surface area contributed by atoms with Crippen molar-refractivity contribution in [3.63, 3.8) is 0 Å². The van der Waals surface area contributed by atoms with Crippen molar-refractivity contribution < 1.29 is 4.74 Å². The van der Waals surface area contributed by atoms with Crippen molar-refractivity contribution in [2.24, 2.45) is 0 Å². The second kappa shape index (κ2) is 12.4. The third-order valence-corrected chi connectivity index (χ3v) is 3.14. The topological polar surface area (TPSA) is 21.3 Å². The molecular weight excluding hydrogens is 210 g/mol. The molecule has 2 unspecified atom stereocenters. The van der Waals surface area contributed by atoms with Crippen molar-refractivity contribution in [3.05, 3.63) is 0 Å². The van der Waals surface area contributed by atoms with E-state index in [9.17, 15) is 0 Å². The van der Waals surface area contributed by atoms with Crippen LogP contribution >= 0.6 is 0 Å². The molecule has 0 saturated heterocycles. The van der Waals surface area contributed by atoms with E-state index in [1.54, 1.807) is 0 Å². The van der Waals surface area contributed by atoms with Gasteiger partial charge in [0.25, 0.3) is 0 Å². The van der Waals surface area contributed by atoms with E-state index in [4.69, 9.17) is 4.74 Å². The van der Waals surface area contributed by atoms with E-state index in [2.05, 4.69) is 33.0 Å². The summed E-state index contributed by atoms with van der Waals surface area (Å²) in [6.07, 6.45) is 9.67. The first-order valence-corrected chi connectivity index (χ1v) is 7.60. The lowest BCUT2D eigenvalue weighted by atomic mass is 10.1. The van der Waals surface area contributed by atoms with Crippen LogP contribution in [-0.4, -0.2) is 25.3 Å². The van der Waals surface area contributed by atoms with Gasteiger partial charge in [-0.15, -0.1) is 0 Å². The summed E-state index contributed by atoms with van der Waals surface area (Å²) in [6.45, 7) is 11.0. The molecule has 0 amide bonds. The van der Waals surface area contributed by atoms with E-state index < -0.39 is 0 Å². The van der Waals surface area contributed by atoms with Crippen LogP contribution in [0.4, 0.5) is 0 Å². The zero-order valence-corrected chi connectivity index (χ0v) is 12.4. The summed E-state index contributed by atoms with van der Waals surface area (Å²) in [4.78, 5) is 0. The molecule has 0 spiro atoms. The van der Waals surface area contributed by atoms with Crippen LogP contribution in [0.15, 0.2) is 0 Å². The molecule has 17 heavy (non-hydrogen) atoms. The summed E-state index contributed by atoms with van der Waals surface area (Å²) in [5.74, 6) is 0. The zero-order valence-electron chi connectivity index (χ0n) is 12.4. The van der Waals surface area contributed by atoms with Crippen LogP contribution in [-0.2, 0) is 4.74 Å². The summed E-state index contributed by atoms with van der Waals surface area (Å²) >= 11 is 0. The molecule has 0 bridgehead atoms. The lowest BCUT2D eigenvalue weighted by molar-refractivity contribution is -0.00805. The molecule has 0 rings (SSSR count). The quantitative estimate of drug-likeness (QED) is 0.520. The Balaban J connectivity index is 3.55. The van der Waals surface area contributed by atoms with Crippen molar-refractivity contribution >= 4 is 0 Å². The average molecular weight is 243 g/mol. The largest absolute Gasteiger partial charge is 0.374 e. The third kappa shape index (κ3) is 10.8. The predicted octanol–water partition coefficient (Wildman–Crippen LogP) is 4.14. The van der Waals surface area contributed by atoms with Gasteiger partial charge in [0.15, 0.2) is 0 Å². The van der Waals surface area contributed by atoms with E-state index in [1.807, 2.05) is 0 Å². The van der Waals surface area contributed by atoms with Gasteiger partial charge >= 0.3 is 0 Å². The average Bonchev–Trinajstić information content (AvgIpc) is 2.33. The van der Waals surface area contributed by atoms with Crippen molar-refractivity contribution in [2.45, 2.75) is 84.8 Å². The number of nitrogens with one attached hydrogen (secondary N) is 1. The fraction of sp³-hybridized carbons (Fsp3) is 1.00. The SMILES string of the molecule is CCCCCCC(C)OC(CC)CNCCC. The molecule has 0 radical (unpaired) electrons. The minimum atomic E-state index is 0.391. The molecule has 0 heterocycles. The van der Waals surface area contributed by atoms with Crippen LogP contribution in [0, 0.1) is 0 Å². The Morgan fingerprint density at radius 3 is 2.35 bits per heavy atom. The first-order valence-electron chi connectivity index (χ1n) is 7.60. The van der Waals surface area contributed by atoms with Crippen molar-refractivity contribution in [1.29, 1.82) is 0 Å². The van der Waals surface area contributed by atoms with Gasteiger partial charge in [-0.3, -0.25) is 0 Å².